The van der Waals surface area contributed by atoms with Crippen LogP contribution in [0.4, 0.5) is 5.82 Å². The molecule has 2 rings (SSSR count). The summed E-state index contributed by atoms with van der Waals surface area (Å²) >= 11 is 2.00. The van der Waals surface area contributed by atoms with E-state index in [4.69, 9.17) is 0 Å². The second-order valence-corrected chi connectivity index (χ2v) is 4.80. The average Bonchev–Trinajstić information content (AvgIpc) is 2.54. The molecule has 0 bridgehead atoms. The first-order valence-electron chi connectivity index (χ1n) is 4.90. The molecule has 76 valence electrons. The second-order valence-electron chi connectivity index (χ2n) is 3.65. The molecule has 3 nitrogen and oxygen atoms in total. The van der Waals surface area contributed by atoms with Gasteiger partial charge in [-0.3, -0.25) is 0 Å². The molecule has 1 N–H and O–H groups in total. The van der Waals surface area contributed by atoms with Crippen LogP contribution in [0, 0.1) is 13.8 Å². The van der Waals surface area contributed by atoms with Gasteiger partial charge < -0.3 is 5.32 Å². The summed E-state index contributed by atoms with van der Waals surface area (Å²) in [5.74, 6) is 4.28. The van der Waals surface area contributed by atoms with Crippen molar-refractivity contribution in [2.45, 2.75) is 26.3 Å². The van der Waals surface area contributed by atoms with Crippen molar-refractivity contribution in [3.8, 4) is 0 Å². The number of aromatic nitrogens is 2. The Morgan fingerprint density at radius 1 is 1.43 bits per heavy atom. The van der Waals surface area contributed by atoms with Crippen molar-refractivity contribution in [3.63, 3.8) is 0 Å². The largest absolute Gasteiger partial charge is 0.366 e. The Morgan fingerprint density at radius 3 is 2.93 bits per heavy atom. The minimum absolute atomic E-state index is 0.591. The van der Waals surface area contributed by atoms with E-state index >= 15 is 0 Å². The maximum atomic E-state index is 4.37. The van der Waals surface area contributed by atoms with Crippen LogP contribution in [0.5, 0.6) is 0 Å². The second kappa shape index (κ2) is 4.17. The highest BCUT2D eigenvalue weighted by atomic mass is 32.2. The van der Waals surface area contributed by atoms with E-state index < -0.39 is 0 Å². The molecule has 0 saturated carbocycles. The molecular weight excluding hydrogens is 194 g/mol. The first-order valence-corrected chi connectivity index (χ1v) is 6.06. The standard InChI is InChI=1S/C10H15N3S/c1-7-5-10(12-8(2)11-7)13-9-3-4-14-6-9/h5,9H,3-4,6H2,1-2H3,(H,11,12,13). The summed E-state index contributed by atoms with van der Waals surface area (Å²) in [6, 6.07) is 2.60. The van der Waals surface area contributed by atoms with E-state index in [9.17, 15) is 0 Å². The van der Waals surface area contributed by atoms with Crippen LogP contribution >= 0.6 is 11.8 Å². The lowest BCUT2D eigenvalue weighted by atomic mass is 10.2. The van der Waals surface area contributed by atoms with Crippen LogP contribution in [0.15, 0.2) is 6.07 Å². The lowest BCUT2D eigenvalue weighted by Crippen LogP contribution is -2.19. The number of rotatable bonds is 2. The Bertz CT molecular complexity index is 301. The topological polar surface area (TPSA) is 37.8 Å². The third-order valence-corrected chi connectivity index (χ3v) is 3.41. The highest BCUT2D eigenvalue weighted by Gasteiger charge is 2.15. The fraction of sp³-hybridized carbons (Fsp3) is 0.600. The van der Waals surface area contributed by atoms with Crippen LogP contribution in [0.3, 0.4) is 0 Å². The van der Waals surface area contributed by atoms with Crippen LogP contribution in [0.1, 0.15) is 17.9 Å². The Kier molecular flexibility index (Phi) is 2.91. The molecule has 1 fully saturated rings. The number of nitrogens with one attached hydrogen (secondary N) is 1. The Morgan fingerprint density at radius 2 is 2.29 bits per heavy atom. The van der Waals surface area contributed by atoms with E-state index in [0.717, 1.165) is 17.3 Å². The number of hydrogen-bond acceptors (Lipinski definition) is 4. The molecular formula is C10H15N3S. The Labute approximate surface area is 88.7 Å². The molecule has 0 amide bonds. The van der Waals surface area contributed by atoms with Crippen molar-refractivity contribution in [3.05, 3.63) is 17.6 Å². The lowest BCUT2D eigenvalue weighted by molar-refractivity contribution is 0.802. The molecule has 0 radical (unpaired) electrons. The normalized spacial score (nSPS) is 21.1. The molecule has 1 aliphatic heterocycles. The number of nitrogens with zero attached hydrogens (tertiary/aromatic N) is 2. The van der Waals surface area contributed by atoms with Crippen molar-refractivity contribution in [2.75, 3.05) is 16.8 Å². The van der Waals surface area contributed by atoms with E-state index in [0.29, 0.717) is 6.04 Å². The zero-order valence-corrected chi connectivity index (χ0v) is 9.40. The highest BCUT2D eigenvalue weighted by Crippen LogP contribution is 2.20. The van der Waals surface area contributed by atoms with Crippen LogP contribution in [0.25, 0.3) is 0 Å². The molecule has 0 aromatic carbocycles. The van der Waals surface area contributed by atoms with Crippen LogP contribution in [0.2, 0.25) is 0 Å². The van der Waals surface area contributed by atoms with Gasteiger partial charge in [0.2, 0.25) is 0 Å². The van der Waals surface area contributed by atoms with Crippen molar-refractivity contribution >= 4 is 17.6 Å². The maximum absolute atomic E-state index is 4.37. The van der Waals surface area contributed by atoms with E-state index in [2.05, 4.69) is 15.3 Å². The zero-order chi connectivity index (χ0) is 9.97. The van der Waals surface area contributed by atoms with Crippen LogP contribution < -0.4 is 5.32 Å². The molecule has 1 atom stereocenters. The fourth-order valence-corrected chi connectivity index (χ4v) is 2.80. The summed E-state index contributed by atoms with van der Waals surface area (Å²) in [5.41, 5.74) is 1.03. The molecule has 1 saturated heterocycles. The maximum Gasteiger partial charge on any atom is 0.130 e. The molecule has 1 aromatic heterocycles. The quantitative estimate of drug-likeness (QED) is 0.808. The van der Waals surface area contributed by atoms with Gasteiger partial charge in [-0.2, -0.15) is 11.8 Å². The molecule has 1 aromatic rings. The molecule has 14 heavy (non-hydrogen) atoms. The molecule has 2 heterocycles. The zero-order valence-electron chi connectivity index (χ0n) is 8.58. The van der Waals surface area contributed by atoms with Gasteiger partial charge in [0.15, 0.2) is 0 Å². The smallest absolute Gasteiger partial charge is 0.130 e. The van der Waals surface area contributed by atoms with Gasteiger partial charge in [0, 0.05) is 23.6 Å². The molecule has 1 aliphatic rings. The highest BCUT2D eigenvalue weighted by molar-refractivity contribution is 7.99. The SMILES string of the molecule is Cc1cc(NC2CCSC2)nc(C)n1. The number of anilines is 1. The first-order chi connectivity index (χ1) is 6.74. The number of aryl methyl sites for hydroxylation is 2. The van der Waals surface area contributed by atoms with E-state index in [1.807, 2.05) is 31.7 Å². The summed E-state index contributed by atoms with van der Waals surface area (Å²) in [4.78, 5) is 8.62. The van der Waals surface area contributed by atoms with Gasteiger partial charge in [-0.1, -0.05) is 0 Å². The van der Waals surface area contributed by atoms with E-state index in [1.54, 1.807) is 0 Å². The monoisotopic (exact) mass is 209 g/mol. The van der Waals surface area contributed by atoms with Crippen molar-refractivity contribution < 1.29 is 0 Å². The van der Waals surface area contributed by atoms with E-state index in [-0.39, 0.29) is 0 Å². The predicted molar refractivity (Wildman–Crippen MR) is 60.9 cm³/mol. The minimum Gasteiger partial charge on any atom is -0.366 e. The summed E-state index contributed by atoms with van der Waals surface area (Å²) in [6.07, 6.45) is 1.24. The molecule has 4 heteroatoms. The summed E-state index contributed by atoms with van der Waals surface area (Å²) in [5, 5.41) is 3.45. The van der Waals surface area contributed by atoms with Crippen LogP contribution in [-0.2, 0) is 0 Å². The van der Waals surface area contributed by atoms with Gasteiger partial charge in [-0.15, -0.1) is 0 Å². The van der Waals surface area contributed by atoms with Gasteiger partial charge in [0.05, 0.1) is 0 Å². The lowest BCUT2D eigenvalue weighted by Gasteiger charge is -2.12. The Balaban J connectivity index is 2.07. The van der Waals surface area contributed by atoms with Gasteiger partial charge in [0.1, 0.15) is 11.6 Å². The summed E-state index contributed by atoms with van der Waals surface area (Å²) in [6.45, 7) is 3.94. The molecule has 1 unspecified atom stereocenters. The first kappa shape index (κ1) is 9.77. The summed E-state index contributed by atoms with van der Waals surface area (Å²) < 4.78 is 0. The third kappa shape index (κ3) is 2.38. The van der Waals surface area contributed by atoms with Crippen LogP contribution in [-0.4, -0.2) is 27.5 Å². The van der Waals surface area contributed by atoms with Crippen molar-refractivity contribution in [1.82, 2.24) is 9.97 Å². The molecule has 0 aliphatic carbocycles. The number of thioether (sulfide) groups is 1. The number of hydrogen-bond donors (Lipinski definition) is 1. The Hall–Kier alpha value is -0.770. The predicted octanol–water partition coefficient (Wildman–Crippen LogP) is 2.01. The third-order valence-electron chi connectivity index (χ3n) is 2.25. The van der Waals surface area contributed by atoms with Gasteiger partial charge >= 0.3 is 0 Å². The average molecular weight is 209 g/mol. The van der Waals surface area contributed by atoms with Crippen molar-refractivity contribution in [1.29, 1.82) is 0 Å². The molecule has 0 spiro atoms. The van der Waals surface area contributed by atoms with E-state index in [1.165, 1.54) is 17.9 Å². The van der Waals surface area contributed by atoms with Gasteiger partial charge in [-0.05, 0) is 26.0 Å². The summed E-state index contributed by atoms with van der Waals surface area (Å²) in [7, 11) is 0. The fourth-order valence-electron chi connectivity index (χ4n) is 1.65. The van der Waals surface area contributed by atoms with Crippen molar-refractivity contribution in [2.24, 2.45) is 0 Å². The minimum atomic E-state index is 0.591. The van der Waals surface area contributed by atoms with Gasteiger partial charge in [-0.25, -0.2) is 9.97 Å². The van der Waals surface area contributed by atoms with Gasteiger partial charge in [0.25, 0.3) is 0 Å².